The Morgan fingerprint density at radius 1 is 0.667 bits per heavy atom. The highest BCUT2D eigenvalue weighted by Crippen LogP contribution is 2.30. The lowest BCUT2D eigenvalue weighted by atomic mass is 10.1. The fraction of sp³-hybridized carbons (Fsp3) is 0.667. The van der Waals surface area contributed by atoms with Gasteiger partial charge in [0.05, 0.1) is 0 Å². The molecule has 0 heterocycles. The predicted octanol–water partition coefficient (Wildman–Crippen LogP) is 6.24. The minimum atomic E-state index is -1.09. The fourth-order valence-corrected chi connectivity index (χ4v) is 3.83. The average Bonchev–Trinajstić information content (AvgIpc) is 2.88. The summed E-state index contributed by atoms with van der Waals surface area (Å²) >= 11 is 0. The van der Waals surface area contributed by atoms with Crippen LogP contribution < -0.4 is 15.2 Å². The number of carbonyl (C=O) groups excluding carboxylic acids is 4. The van der Waals surface area contributed by atoms with Gasteiger partial charge in [-0.15, -0.1) is 0 Å². The Bertz CT molecular complexity index is 999. The molecular weight excluding hydrogens is 550 g/mol. The van der Waals surface area contributed by atoms with Crippen LogP contribution in [0.5, 0.6) is 11.5 Å². The van der Waals surface area contributed by atoms with Crippen molar-refractivity contribution >= 4 is 24.4 Å². The number of hydrogen-bond acceptors (Lipinski definition) is 12. The van der Waals surface area contributed by atoms with Crippen molar-refractivity contribution < 1.29 is 52.3 Å². The number of nitrogens with two attached hydrogens (primary N) is 1. The van der Waals surface area contributed by atoms with E-state index in [1.807, 2.05) is 20.8 Å². The van der Waals surface area contributed by atoms with Crippen LogP contribution in [-0.4, -0.2) is 61.5 Å². The normalized spacial score (nSPS) is 14.4. The molecule has 238 valence electrons. The first kappa shape index (κ1) is 36.5. The van der Waals surface area contributed by atoms with E-state index in [2.05, 4.69) is 0 Å². The van der Waals surface area contributed by atoms with Gasteiger partial charge in [-0.2, -0.15) is 0 Å². The Morgan fingerprint density at radius 3 is 1.62 bits per heavy atom. The van der Waals surface area contributed by atoms with E-state index in [1.165, 1.54) is 12.1 Å². The van der Waals surface area contributed by atoms with Gasteiger partial charge in [0.15, 0.2) is 11.5 Å². The Morgan fingerprint density at radius 2 is 1.12 bits per heavy atom. The third kappa shape index (κ3) is 14.9. The Balaban J connectivity index is 2.86. The number of benzene rings is 1. The first-order valence-electron chi connectivity index (χ1n) is 14.6. The summed E-state index contributed by atoms with van der Waals surface area (Å²) in [6.07, 6.45) is -0.0828. The maximum absolute atomic E-state index is 12.5. The molecule has 1 aromatic carbocycles. The van der Waals surface area contributed by atoms with E-state index in [0.717, 1.165) is 19.3 Å². The summed E-state index contributed by atoms with van der Waals surface area (Å²) in [6, 6.07) is 3.28. The van der Waals surface area contributed by atoms with Gasteiger partial charge in [0.2, 0.25) is 0 Å². The maximum atomic E-state index is 12.5. The minimum absolute atomic E-state index is 0.000547. The number of carbonyl (C=O) groups is 4. The fourth-order valence-electron chi connectivity index (χ4n) is 3.83. The SMILES string of the molecule is CCCC(C)OC(=O)Oc1ccc(C[C@H](N)C(=O)OC[C@H](C)OC(=O)OC(C)CCC)cc1OC(=O)OC(C)CCC. The average molecular weight is 598 g/mol. The second kappa shape index (κ2) is 19.6. The first-order chi connectivity index (χ1) is 19.9. The Hall–Kier alpha value is -3.54. The molecule has 3 unspecified atom stereocenters. The molecule has 42 heavy (non-hydrogen) atoms. The Kier molecular flexibility index (Phi) is 17.0. The molecule has 12 heteroatoms. The van der Waals surface area contributed by atoms with E-state index >= 15 is 0 Å². The summed E-state index contributed by atoms with van der Waals surface area (Å²) in [5.41, 5.74) is 6.53. The second-order valence-electron chi connectivity index (χ2n) is 10.3. The molecule has 2 N–H and O–H groups in total. The van der Waals surface area contributed by atoms with E-state index in [0.29, 0.717) is 24.8 Å². The number of ether oxygens (including phenoxy) is 7. The molecule has 0 aliphatic rings. The highest BCUT2D eigenvalue weighted by atomic mass is 16.8. The molecule has 1 rings (SSSR count). The highest BCUT2D eigenvalue weighted by Gasteiger charge is 2.23. The summed E-state index contributed by atoms with van der Waals surface area (Å²) in [7, 11) is 0. The van der Waals surface area contributed by atoms with Crippen LogP contribution in [0.4, 0.5) is 14.4 Å². The summed E-state index contributed by atoms with van der Waals surface area (Å²) < 4.78 is 36.5. The Labute approximate surface area is 248 Å². The molecule has 0 fully saturated rings. The number of esters is 1. The van der Waals surface area contributed by atoms with Crippen molar-refractivity contribution in [1.29, 1.82) is 0 Å². The molecule has 0 aliphatic heterocycles. The van der Waals surface area contributed by atoms with Gasteiger partial charge in [-0.25, -0.2) is 14.4 Å². The smallest absolute Gasteiger partial charge is 0.461 e. The van der Waals surface area contributed by atoms with Crippen molar-refractivity contribution in [2.45, 2.75) is 124 Å². The molecule has 0 bridgehead atoms. The van der Waals surface area contributed by atoms with Gasteiger partial charge in [0, 0.05) is 0 Å². The van der Waals surface area contributed by atoms with Crippen molar-refractivity contribution in [3.05, 3.63) is 23.8 Å². The van der Waals surface area contributed by atoms with Crippen LogP contribution in [0, 0.1) is 0 Å². The molecule has 0 aliphatic carbocycles. The van der Waals surface area contributed by atoms with Crippen LogP contribution in [0.15, 0.2) is 18.2 Å². The first-order valence-corrected chi connectivity index (χ1v) is 14.6. The van der Waals surface area contributed by atoms with Crippen molar-refractivity contribution in [2.24, 2.45) is 5.73 Å². The predicted molar refractivity (Wildman–Crippen MR) is 153 cm³/mol. The lowest BCUT2D eigenvalue weighted by molar-refractivity contribution is -0.148. The largest absolute Gasteiger partial charge is 0.514 e. The molecule has 0 amide bonds. The minimum Gasteiger partial charge on any atom is -0.461 e. The van der Waals surface area contributed by atoms with Gasteiger partial charge < -0.3 is 38.9 Å². The van der Waals surface area contributed by atoms with E-state index in [-0.39, 0.29) is 42.8 Å². The van der Waals surface area contributed by atoms with Gasteiger partial charge in [-0.05, 0) is 71.1 Å². The van der Waals surface area contributed by atoms with Crippen LogP contribution >= 0.6 is 0 Å². The van der Waals surface area contributed by atoms with Gasteiger partial charge in [0.25, 0.3) is 0 Å². The van der Waals surface area contributed by atoms with E-state index in [1.54, 1.807) is 33.8 Å². The van der Waals surface area contributed by atoms with Crippen molar-refractivity contribution in [3.8, 4) is 11.5 Å². The summed E-state index contributed by atoms with van der Waals surface area (Å²) in [5.74, 6) is -0.920. The topological polar surface area (TPSA) is 159 Å². The van der Waals surface area contributed by atoms with E-state index in [4.69, 9.17) is 38.9 Å². The van der Waals surface area contributed by atoms with E-state index < -0.39 is 36.6 Å². The zero-order valence-corrected chi connectivity index (χ0v) is 25.8. The summed E-state index contributed by atoms with van der Waals surface area (Å²) in [6.45, 7) is 12.5. The van der Waals surface area contributed by atoms with E-state index in [9.17, 15) is 19.2 Å². The molecule has 5 atom stereocenters. The highest BCUT2D eigenvalue weighted by molar-refractivity contribution is 5.76. The van der Waals surface area contributed by atoms with Crippen LogP contribution in [0.3, 0.4) is 0 Å². The van der Waals surface area contributed by atoms with Crippen molar-refractivity contribution in [2.75, 3.05) is 6.61 Å². The quantitative estimate of drug-likeness (QED) is 0.123. The van der Waals surface area contributed by atoms with Crippen molar-refractivity contribution in [3.63, 3.8) is 0 Å². The van der Waals surface area contributed by atoms with Gasteiger partial charge in [-0.3, -0.25) is 4.79 Å². The molecular formula is C30H47NO11. The molecule has 0 saturated heterocycles. The van der Waals surface area contributed by atoms with Crippen LogP contribution in [-0.2, 0) is 34.9 Å². The lowest BCUT2D eigenvalue weighted by Crippen LogP contribution is -2.36. The number of hydrogen-bond donors (Lipinski definition) is 1. The maximum Gasteiger partial charge on any atom is 0.514 e. The molecule has 0 aromatic heterocycles. The monoisotopic (exact) mass is 597 g/mol. The van der Waals surface area contributed by atoms with Gasteiger partial charge in [0.1, 0.15) is 37.1 Å². The summed E-state index contributed by atoms with van der Waals surface area (Å²) in [5, 5.41) is 0. The van der Waals surface area contributed by atoms with Crippen LogP contribution in [0.2, 0.25) is 0 Å². The van der Waals surface area contributed by atoms with Crippen molar-refractivity contribution in [1.82, 2.24) is 0 Å². The third-order valence-corrected chi connectivity index (χ3v) is 5.89. The zero-order valence-electron chi connectivity index (χ0n) is 25.8. The number of rotatable bonds is 17. The lowest BCUT2D eigenvalue weighted by Gasteiger charge is -2.18. The summed E-state index contributed by atoms with van der Waals surface area (Å²) in [4.78, 5) is 49.0. The van der Waals surface area contributed by atoms with Gasteiger partial charge in [-0.1, -0.05) is 46.1 Å². The second-order valence-corrected chi connectivity index (χ2v) is 10.3. The molecule has 0 spiro atoms. The standard InChI is InChI=1S/C30H47NO11/c1-8-11-19(4)37-28(33)40-22(7)18-36-27(32)24(31)16-23-14-15-25(41-29(34)38-20(5)12-9-2)26(17-23)42-30(35)39-21(6)13-10-3/h14-15,17,19-22,24H,8-13,16,18,31H2,1-7H3/t19?,20?,21?,22-,24-/m0/s1. The molecule has 0 radical (unpaired) electrons. The third-order valence-electron chi connectivity index (χ3n) is 5.89. The van der Waals surface area contributed by atoms with Gasteiger partial charge >= 0.3 is 24.4 Å². The zero-order chi connectivity index (χ0) is 31.7. The van der Waals surface area contributed by atoms with Crippen LogP contribution in [0.1, 0.15) is 92.6 Å². The molecule has 12 nitrogen and oxygen atoms in total. The molecule has 1 aromatic rings. The molecule has 0 saturated carbocycles. The van der Waals surface area contributed by atoms with Crippen LogP contribution in [0.25, 0.3) is 0 Å².